The van der Waals surface area contributed by atoms with Crippen molar-refractivity contribution >= 4 is 11.9 Å². The lowest BCUT2D eigenvalue weighted by atomic mass is 10.1. The van der Waals surface area contributed by atoms with Crippen molar-refractivity contribution in [1.29, 1.82) is 0 Å². The highest BCUT2D eigenvalue weighted by Crippen LogP contribution is 2.29. The maximum absolute atomic E-state index is 12.7. The number of rotatable bonds is 7. The van der Waals surface area contributed by atoms with Crippen molar-refractivity contribution < 1.29 is 18.0 Å². The molecule has 6 nitrogen and oxygen atoms in total. The van der Waals surface area contributed by atoms with Gasteiger partial charge in [0, 0.05) is 51.4 Å². The number of hydrogen-bond donors (Lipinski definition) is 3. The predicted molar refractivity (Wildman–Crippen MR) is 118 cm³/mol. The van der Waals surface area contributed by atoms with Crippen LogP contribution in [0.25, 0.3) is 0 Å². The Balaban J connectivity index is 1.37. The summed E-state index contributed by atoms with van der Waals surface area (Å²) in [6.45, 7) is 3.21. The predicted octanol–water partition coefficient (Wildman–Crippen LogP) is 2.87. The standard InChI is InChI=1S/C23H28F3N5O/c1-27-22(29-13-12-28-21(32)18-5-3-2-4-6-18)30-20-11-14-31(16-20)15-17-7-9-19(10-8-17)23(24,25)26/h2-10,20H,11-16H2,1H3,(H,28,32)(H2,27,29,30). The fourth-order valence-corrected chi connectivity index (χ4v) is 3.59. The number of nitrogens with zero attached hydrogens (tertiary/aromatic N) is 2. The average molecular weight is 448 g/mol. The largest absolute Gasteiger partial charge is 0.416 e. The van der Waals surface area contributed by atoms with Crippen LogP contribution in [0.2, 0.25) is 0 Å². The second-order valence-electron chi connectivity index (χ2n) is 7.68. The molecule has 1 aliphatic rings. The molecule has 1 saturated heterocycles. The third-order valence-electron chi connectivity index (χ3n) is 5.26. The quantitative estimate of drug-likeness (QED) is 0.347. The first-order valence-electron chi connectivity index (χ1n) is 10.5. The van der Waals surface area contributed by atoms with E-state index in [4.69, 9.17) is 0 Å². The molecule has 0 radical (unpaired) electrons. The second kappa shape index (κ2) is 11.0. The molecule has 3 rings (SSSR count). The van der Waals surface area contributed by atoms with Crippen molar-refractivity contribution in [2.24, 2.45) is 4.99 Å². The third-order valence-corrected chi connectivity index (χ3v) is 5.26. The van der Waals surface area contributed by atoms with E-state index < -0.39 is 11.7 Å². The molecule has 172 valence electrons. The van der Waals surface area contributed by atoms with Gasteiger partial charge in [-0.05, 0) is 36.2 Å². The van der Waals surface area contributed by atoms with Gasteiger partial charge in [-0.1, -0.05) is 30.3 Å². The van der Waals surface area contributed by atoms with E-state index in [1.807, 2.05) is 18.2 Å². The van der Waals surface area contributed by atoms with Gasteiger partial charge in [0.25, 0.3) is 5.91 Å². The molecule has 2 aromatic rings. The molecule has 2 aromatic carbocycles. The first-order valence-corrected chi connectivity index (χ1v) is 10.5. The Kier molecular flexibility index (Phi) is 8.10. The minimum atomic E-state index is -4.31. The van der Waals surface area contributed by atoms with Gasteiger partial charge in [0.15, 0.2) is 5.96 Å². The Labute approximate surface area is 185 Å². The van der Waals surface area contributed by atoms with Gasteiger partial charge in [-0.25, -0.2) is 0 Å². The summed E-state index contributed by atoms with van der Waals surface area (Å²) < 4.78 is 38.1. The van der Waals surface area contributed by atoms with Crippen molar-refractivity contribution in [3.63, 3.8) is 0 Å². The Morgan fingerprint density at radius 2 is 1.75 bits per heavy atom. The van der Waals surface area contributed by atoms with Crippen molar-refractivity contribution in [3.05, 3.63) is 71.3 Å². The van der Waals surface area contributed by atoms with E-state index in [-0.39, 0.29) is 11.9 Å². The lowest BCUT2D eigenvalue weighted by Crippen LogP contribution is -2.46. The van der Waals surface area contributed by atoms with Gasteiger partial charge in [0.1, 0.15) is 0 Å². The molecule has 1 unspecified atom stereocenters. The minimum Gasteiger partial charge on any atom is -0.355 e. The zero-order valence-electron chi connectivity index (χ0n) is 18.0. The zero-order valence-corrected chi connectivity index (χ0v) is 18.0. The summed E-state index contributed by atoms with van der Waals surface area (Å²) in [5, 5.41) is 9.41. The van der Waals surface area contributed by atoms with Gasteiger partial charge >= 0.3 is 6.18 Å². The molecule has 1 fully saturated rings. The summed E-state index contributed by atoms with van der Waals surface area (Å²) in [5.74, 6) is 0.533. The smallest absolute Gasteiger partial charge is 0.355 e. The number of carbonyl (C=O) groups excluding carboxylic acids is 1. The summed E-state index contributed by atoms with van der Waals surface area (Å²) in [4.78, 5) is 18.5. The topological polar surface area (TPSA) is 68.8 Å². The highest BCUT2D eigenvalue weighted by molar-refractivity contribution is 5.94. The Hall–Kier alpha value is -3.07. The molecule has 1 aliphatic heterocycles. The van der Waals surface area contributed by atoms with Gasteiger partial charge in [-0.15, -0.1) is 0 Å². The van der Waals surface area contributed by atoms with E-state index in [2.05, 4.69) is 25.8 Å². The van der Waals surface area contributed by atoms with E-state index in [1.54, 1.807) is 19.2 Å². The van der Waals surface area contributed by atoms with Crippen molar-refractivity contribution in [2.45, 2.75) is 25.2 Å². The summed E-state index contributed by atoms with van der Waals surface area (Å²) in [5.41, 5.74) is 0.849. The molecule has 0 bridgehead atoms. The first-order chi connectivity index (χ1) is 15.3. The highest BCUT2D eigenvalue weighted by Gasteiger charge is 2.30. The lowest BCUT2D eigenvalue weighted by Gasteiger charge is -2.19. The number of amides is 1. The zero-order chi connectivity index (χ0) is 23.0. The van der Waals surface area contributed by atoms with Crippen LogP contribution in [0.3, 0.4) is 0 Å². The van der Waals surface area contributed by atoms with Crippen LogP contribution < -0.4 is 16.0 Å². The van der Waals surface area contributed by atoms with Crippen LogP contribution in [-0.4, -0.2) is 56.0 Å². The lowest BCUT2D eigenvalue weighted by molar-refractivity contribution is -0.137. The summed E-state index contributed by atoms with van der Waals surface area (Å²) in [7, 11) is 1.69. The SMILES string of the molecule is CN=C(NCCNC(=O)c1ccccc1)NC1CCN(Cc2ccc(C(F)(F)F)cc2)C1. The number of hydrogen-bond acceptors (Lipinski definition) is 3. The normalized spacial score (nSPS) is 17.2. The molecular formula is C23H28F3N5O. The van der Waals surface area contributed by atoms with Crippen LogP contribution in [0.4, 0.5) is 13.2 Å². The van der Waals surface area contributed by atoms with Gasteiger partial charge in [0.05, 0.1) is 5.56 Å². The number of halogens is 3. The van der Waals surface area contributed by atoms with Gasteiger partial charge in [-0.3, -0.25) is 14.7 Å². The molecule has 0 saturated carbocycles. The number of aliphatic imine (C=N–C) groups is 1. The molecule has 0 aliphatic carbocycles. The summed E-state index contributed by atoms with van der Waals surface area (Å²) in [6, 6.07) is 14.5. The van der Waals surface area contributed by atoms with E-state index in [1.165, 1.54) is 12.1 Å². The van der Waals surface area contributed by atoms with Crippen LogP contribution in [0.15, 0.2) is 59.6 Å². The molecular weight excluding hydrogens is 419 g/mol. The Morgan fingerprint density at radius 1 is 1.06 bits per heavy atom. The first kappa shape index (κ1) is 23.6. The fourth-order valence-electron chi connectivity index (χ4n) is 3.59. The number of benzene rings is 2. The van der Waals surface area contributed by atoms with Crippen LogP contribution in [0.5, 0.6) is 0 Å². The van der Waals surface area contributed by atoms with Gasteiger partial charge < -0.3 is 16.0 Å². The number of guanidine groups is 1. The molecule has 1 amide bonds. The van der Waals surface area contributed by atoms with Crippen molar-refractivity contribution in [2.75, 3.05) is 33.2 Å². The molecule has 3 N–H and O–H groups in total. The van der Waals surface area contributed by atoms with Gasteiger partial charge in [0.2, 0.25) is 0 Å². The van der Waals surface area contributed by atoms with Crippen LogP contribution in [0, 0.1) is 0 Å². The minimum absolute atomic E-state index is 0.120. The number of alkyl halides is 3. The number of carbonyl (C=O) groups is 1. The highest BCUT2D eigenvalue weighted by atomic mass is 19.4. The molecule has 9 heteroatoms. The van der Waals surface area contributed by atoms with Crippen LogP contribution >= 0.6 is 0 Å². The van der Waals surface area contributed by atoms with Gasteiger partial charge in [-0.2, -0.15) is 13.2 Å². The van der Waals surface area contributed by atoms with Crippen LogP contribution in [0.1, 0.15) is 27.9 Å². The molecule has 0 aromatic heterocycles. The molecule has 1 heterocycles. The number of nitrogens with one attached hydrogen (secondary N) is 3. The number of likely N-dealkylation sites (tertiary alicyclic amines) is 1. The monoisotopic (exact) mass is 447 g/mol. The molecule has 1 atom stereocenters. The van der Waals surface area contributed by atoms with Crippen LogP contribution in [-0.2, 0) is 12.7 Å². The average Bonchev–Trinajstić information content (AvgIpc) is 3.22. The maximum Gasteiger partial charge on any atom is 0.416 e. The van der Waals surface area contributed by atoms with E-state index in [0.717, 1.165) is 37.2 Å². The fraction of sp³-hybridized carbons (Fsp3) is 0.391. The third kappa shape index (κ3) is 6.98. The second-order valence-corrected chi connectivity index (χ2v) is 7.68. The van der Waals surface area contributed by atoms with E-state index in [9.17, 15) is 18.0 Å². The van der Waals surface area contributed by atoms with Crippen molar-refractivity contribution in [3.8, 4) is 0 Å². The van der Waals surface area contributed by atoms with E-state index >= 15 is 0 Å². The Morgan fingerprint density at radius 3 is 2.41 bits per heavy atom. The van der Waals surface area contributed by atoms with Crippen molar-refractivity contribution in [1.82, 2.24) is 20.9 Å². The van der Waals surface area contributed by atoms with E-state index in [0.29, 0.717) is 31.2 Å². The maximum atomic E-state index is 12.7. The Bertz CT molecular complexity index is 900. The summed E-state index contributed by atoms with van der Waals surface area (Å²) >= 11 is 0. The molecule has 32 heavy (non-hydrogen) atoms. The molecule has 0 spiro atoms. The summed E-state index contributed by atoms with van der Waals surface area (Å²) in [6.07, 6.45) is -3.40.